The molecule has 2 aromatic carbocycles. The normalized spacial score (nSPS) is 12.3. The van der Waals surface area contributed by atoms with Gasteiger partial charge < -0.3 is 10.1 Å². The highest BCUT2D eigenvalue weighted by Crippen LogP contribution is 2.16. The lowest BCUT2D eigenvalue weighted by atomic mass is 10.1. The number of sulfonamides is 1. The van der Waals surface area contributed by atoms with Gasteiger partial charge in [-0.2, -0.15) is 4.72 Å². The van der Waals surface area contributed by atoms with Crippen molar-refractivity contribution in [2.45, 2.75) is 31.8 Å². The van der Waals surface area contributed by atoms with Crippen molar-refractivity contribution in [1.82, 2.24) is 4.72 Å². The van der Waals surface area contributed by atoms with Crippen LogP contribution < -0.4 is 10.0 Å². The highest BCUT2D eigenvalue weighted by Gasteiger charge is 2.21. The predicted molar refractivity (Wildman–Crippen MR) is 102 cm³/mol. The summed E-state index contributed by atoms with van der Waals surface area (Å²) in [6.07, 6.45) is -1.13. The van der Waals surface area contributed by atoms with E-state index in [0.29, 0.717) is 5.69 Å². The lowest BCUT2D eigenvalue weighted by molar-refractivity contribution is -0.151. The molecule has 1 amide bonds. The summed E-state index contributed by atoms with van der Waals surface area (Å²) in [6, 6.07) is 9.83. The van der Waals surface area contributed by atoms with Gasteiger partial charge in [-0.05, 0) is 50.6 Å². The van der Waals surface area contributed by atoms with Gasteiger partial charge in [0.05, 0.1) is 4.90 Å². The van der Waals surface area contributed by atoms with E-state index in [1.807, 2.05) is 30.7 Å². The van der Waals surface area contributed by atoms with Gasteiger partial charge in [-0.15, -0.1) is 0 Å². The van der Waals surface area contributed by atoms with E-state index in [2.05, 4.69) is 5.32 Å². The molecule has 0 radical (unpaired) electrons. The zero-order valence-corrected chi connectivity index (χ0v) is 16.5. The highest BCUT2D eigenvalue weighted by molar-refractivity contribution is 7.89. The molecule has 0 aromatic heterocycles. The van der Waals surface area contributed by atoms with Crippen LogP contribution >= 0.6 is 0 Å². The lowest BCUT2D eigenvalue weighted by Gasteiger charge is -2.15. The number of anilines is 1. The number of ether oxygens (including phenoxy) is 1. The predicted octanol–water partition coefficient (Wildman–Crippen LogP) is 2.29. The first-order valence-electron chi connectivity index (χ1n) is 8.41. The Bertz CT molecular complexity index is 992. The van der Waals surface area contributed by atoms with E-state index in [9.17, 15) is 22.4 Å². The molecule has 2 N–H and O–H groups in total. The lowest BCUT2D eigenvalue weighted by Crippen LogP contribution is -2.36. The van der Waals surface area contributed by atoms with Gasteiger partial charge in [-0.25, -0.2) is 12.8 Å². The van der Waals surface area contributed by atoms with Crippen molar-refractivity contribution >= 4 is 27.6 Å². The molecule has 0 aliphatic carbocycles. The molecule has 0 heterocycles. The number of hydrogen-bond acceptors (Lipinski definition) is 5. The van der Waals surface area contributed by atoms with Crippen molar-refractivity contribution in [3.63, 3.8) is 0 Å². The third kappa shape index (κ3) is 5.86. The number of carbonyl (C=O) groups excluding carboxylic acids is 2. The van der Waals surface area contributed by atoms with Crippen LogP contribution in [0.3, 0.4) is 0 Å². The number of carbonyl (C=O) groups is 2. The van der Waals surface area contributed by atoms with Crippen LogP contribution in [0, 0.1) is 19.7 Å². The van der Waals surface area contributed by atoms with Crippen LogP contribution in [0.25, 0.3) is 0 Å². The third-order valence-corrected chi connectivity index (χ3v) is 5.23. The van der Waals surface area contributed by atoms with Crippen LogP contribution in [0.1, 0.15) is 18.1 Å². The first-order valence-corrected chi connectivity index (χ1v) is 9.89. The molecule has 0 saturated heterocycles. The van der Waals surface area contributed by atoms with E-state index >= 15 is 0 Å². The van der Waals surface area contributed by atoms with Crippen molar-refractivity contribution in [2.24, 2.45) is 0 Å². The van der Waals surface area contributed by atoms with Crippen molar-refractivity contribution < 1.29 is 27.1 Å². The Morgan fingerprint density at radius 1 is 1.14 bits per heavy atom. The number of rotatable bonds is 7. The minimum absolute atomic E-state index is 0.319. The van der Waals surface area contributed by atoms with Crippen LogP contribution in [0.4, 0.5) is 10.1 Å². The Morgan fingerprint density at radius 3 is 2.50 bits per heavy atom. The van der Waals surface area contributed by atoms with Gasteiger partial charge >= 0.3 is 5.97 Å². The molecule has 150 valence electrons. The third-order valence-electron chi connectivity index (χ3n) is 3.83. The van der Waals surface area contributed by atoms with Gasteiger partial charge in [0.1, 0.15) is 12.4 Å². The quantitative estimate of drug-likeness (QED) is 0.685. The molecule has 7 nitrogen and oxygen atoms in total. The van der Waals surface area contributed by atoms with Gasteiger partial charge in [-0.3, -0.25) is 9.59 Å². The number of amides is 1. The zero-order valence-electron chi connectivity index (χ0n) is 15.7. The zero-order chi connectivity index (χ0) is 20.9. The number of halogens is 1. The minimum Gasteiger partial charge on any atom is -0.452 e. The smallest absolute Gasteiger partial charge is 0.321 e. The molecular weight excluding hydrogens is 387 g/mol. The molecule has 0 spiro atoms. The molecule has 1 atom stereocenters. The fourth-order valence-electron chi connectivity index (χ4n) is 2.35. The maximum atomic E-state index is 13.2. The summed E-state index contributed by atoms with van der Waals surface area (Å²) in [4.78, 5) is 23.7. The van der Waals surface area contributed by atoms with Crippen LogP contribution in [-0.4, -0.2) is 32.9 Å². The Balaban J connectivity index is 1.90. The van der Waals surface area contributed by atoms with Crippen molar-refractivity contribution in [3.8, 4) is 0 Å². The van der Waals surface area contributed by atoms with Gasteiger partial charge in [-0.1, -0.05) is 23.8 Å². The maximum absolute atomic E-state index is 13.2. The van der Waals surface area contributed by atoms with E-state index in [1.54, 1.807) is 6.07 Å². The number of esters is 1. The number of hydrogen-bond donors (Lipinski definition) is 2. The molecule has 2 aromatic rings. The molecular formula is C19H21FN2O5S. The minimum atomic E-state index is -4.08. The molecule has 2 rings (SSSR count). The molecule has 0 saturated carbocycles. The molecule has 28 heavy (non-hydrogen) atoms. The number of nitrogens with one attached hydrogen (secondary N) is 2. The van der Waals surface area contributed by atoms with Crippen LogP contribution in [0.5, 0.6) is 0 Å². The SMILES string of the molecule is Cc1ccc(NC(=O)[C@H](C)OC(=O)CNS(=O)(=O)c2cccc(F)c2)c(C)c1. The first kappa shape index (κ1) is 21.5. The Hall–Kier alpha value is -2.78. The summed E-state index contributed by atoms with van der Waals surface area (Å²) in [6.45, 7) is 4.44. The summed E-state index contributed by atoms with van der Waals surface area (Å²) >= 11 is 0. The Morgan fingerprint density at radius 2 is 1.86 bits per heavy atom. The second-order valence-electron chi connectivity index (χ2n) is 6.22. The standard InChI is InChI=1S/C19H21FN2O5S/c1-12-7-8-17(13(2)9-12)22-19(24)14(3)27-18(23)11-21-28(25,26)16-6-4-5-15(20)10-16/h4-10,14,21H,11H2,1-3H3,(H,22,24)/t14-/m0/s1. The second-order valence-corrected chi connectivity index (χ2v) is 7.99. The van der Waals surface area contributed by atoms with Crippen molar-refractivity contribution in [3.05, 3.63) is 59.4 Å². The molecule has 0 aliphatic rings. The van der Waals surface area contributed by atoms with E-state index in [0.717, 1.165) is 23.3 Å². The molecule has 0 fully saturated rings. The molecule has 0 aliphatic heterocycles. The fraction of sp³-hybridized carbons (Fsp3) is 0.263. The Kier molecular flexibility index (Phi) is 6.87. The van der Waals surface area contributed by atoms with Crippen LogP contribution in [0.15, 0.2) is 47.4 Å². The van der Waals surface area contributed by atoms with Crippen LogP contribution in [-0.2, 0) is 24.3 Å². The topological polar surface area (TPSA) is 102 Å². The summed E-state index contributed by atoms with van der Waals surface area (Å²) in [7, 11) is -4.08. The van der Waals surface area contributed by atoms with Gasteiger partial charge in [0.2, 0.25) is 10.0 Å². The maximum Gasteiger partial charge on any atom is 0.321 e. The molecule has 0 bridgehead atoms. The summed E-state index contributed by atoms with van der Waals surface area (Å²) in [5.74, 6) is -2.21. The average Bonchev–Trinajstić information content (AvgIpc) is 2.62. The summed E-state index contributed by atoms with van der Waals surface area (Å²) in [5.41, 5.74) is 2.49. The van der Waals surface area contributed by atoms with Crippen molar-refractivity contribution in [2.75, 3.05) is 11.9 Å². The van der Waals surface area contributed by atoms with Gasteiger partial charge in [0.15, 0.2) is 6.10 Å². The van der Waals surface area contributed by atoms with Crippen molar-refractivity contribution in [1.29, 1.82) is 0 Å². The largest absolute Gasteiger partial charge is 0.452 e. The van der Waals surface area contributed by atoms with Gasteiger partial charge in [0, 0.05) is 5.69 Å². The number of aryl methyl sites for hydroxylation is 2. The van der Waals surface area contributed by atoms with Crippen LogP contribution in [0.2, 0.25) is 0 Å². The Labute approximate surface area is 163 Å². The van der Waals surface area contributed by atoms with Gasteiger partial charge in [0.25, 0.3) is 5.91 Å². The van der Waals surface area contributed by atoms with E-state index in [-0.39, 0.29) is 4.90 Å². The molecule has 9 heteroatoms. The highest BCUT2D eigenvalue weighted by atomic mass is 32.2. The fourth-order valence-corrected chi connectivity index (χ4v) is 3.35. The van der Waals surface area contributed by atoms with E-state index in [4.69, 9.17) is 4.74 Å². The van der Waals surface area contributed by atoms with E-state index in [1.165, 1.54) is 19.1 Å². The van der Waals surface area contributed by atoms with E-state index < -0.39 is 40.4 Å². The first-order chi connectivity index (χ1) is 13.1. The monoisotopic (exact) mass is 408 g/mol. The molecule has 0 unspecified atom stereocenters. The number of benzene rings is 2. The average molecular weight is 408 g/mol. The second kappa shape index (κ2) is 8.94. The summed E-state index contributed by atoms with van der Waals surface area (Å²) < 4.78 is 44.2. The summed E-state index contributed by atoms with van der Waals surface area (Å²) in [5, 5.41) is 2.65.